The van der Waals surface area contributed by atoms with E-state index in [1.165, 1.54) is 6.07 Å². The number of halogens is 1. The third kappa shape index (κ3) is 3.85. The van der Waals surface area contributed by atoms with Gasteiger partial charge in [0.1, 0.15) is 5.82 Å². The molecular formula is C21H23FN4O. The van der Waals surface area contributed by atoms with Crippen LogP contribution in [0.15, 0.2) is 52.9 Å². The fourth-order valence-electron chi connectivity index (χ4n) is 3.46. The molecule has 4 rings (SSSR count). The monoisotopic (exact) mass is 366 g/mol. The highest BCUT2D eigenvalue weighted by molar-refractivity contribution is 5.58. The van der Waals surface area contributed by atoms with Crippen molar-refractivity contribution in [2.24, 2.45) is 0 Å². The van der Waals surface area contributed by atoms with E-state index < -0.39 is 0 Å². The maximum absolute atomic E-state index is 13.9. The molecule has 1 aromatic heterocycles. The first-order valence-corrected chi connectivity index (χ1v) is 9.17. The Morgan fingerprint density at radius 1 is 1.11 bits per heavy atom. The number of aromatic nitrogens is 2. The highest BCUT2D eigenvalue weighted by Gasteiger charge is 2.28. The van der Waals surface area contributed by atoms with E-state index in [1.54, 1.807) is 6.07 Å². The molecule has 0 radical (unpaired) electrons. The topological polar surface area (TPSA) is 45.4 Å². The van der Waals surface area contributed by atoms with E-state index >= 15 is 0 Å². The van der Waals surface area contributed by atoms with Gasteiger partial charge in [-0.25, -0.2) is 4.39 Å². The summed E-state index contributed by atoms with van der Waals surface area (Å²) in [7, 11) is 4.01. The summed E-state index contributed by atoms with van der Waals surface area (Å²) >= 11 is 0. The molecule has 27 heavy (non-hydrogen) atoms. The van der Waals surface area contributed by atoms with Gasteiger partial charge in [-0.05, 0) is 43.3 Å². The first kappa shape index (κ1) is 17.7. The molecule has 1 atom stereocenters. The van der Waals surface area contributed by atoms with Crippen molar-refractivity contribution >= 4 is 5.69 Å². The fraction of sp³-hybridized carbons (Fsp3) is 0.333. The Labute approximate surface area is 158 Å². The van der Waals surface area contributed by atoms with E-state index in [2.05, 4.69) is 15.1 Å². The number of likely N-dealkylation sites (tertiary alicyclic amines) is 1. The molecule has 1 saturated heterocycles. The highest BCUT2D eigenvalue weighted by atomic mass is 19.1. The summed E-state index contributed by atoms with van der Waals surface area (Å²) in [5.41, 5.74) is 2.77. The highest BCUT2D eigenvalue weighted by Crippen LogP contribution is 2.30. The first-order valence-electron chi connectivity index (χ1n) is 9.17. The zero-order chi connectivity index (χ0) is 18.8. The Morgan fingerprint density at radius 3 is 2.63 bits per heavy atom. The molecule has 2 heterocycles. The number of hydrogen-bond donors (Lipinski definition) is 0. The number of nitrogens with zero attached hydrogens (tertiary/aromatic N) is 4. The van der Waals surface area contributed by atoms with Crippen molar-refractivity contribution in [3.05, 3.63) is 65.8 Å². The lowest BCUT2D eigenvalue weighted by Gasteiger charge is -2.15. The average Bonchev–Trinajstić information content (AvgIpc) is 3.33. The molecule has 140 valence electrons. The van der Waals surface area contributed by atoms with Crippen molar-refractivity contribution in [1.29, 1.82) is 0 Å². The molecular weight excluding hydrogens is 343 g/mol. The van der Waals surface area contributed by atoms with Crippen LogP contribution in [0.4, 0.5) is 10.1 Å². The molecule has 3 aromatic rings. The van der Waals surface area contributed by atoms with Crippen LogP contribution in [-0.2, 0) is 6.54 Å². The van der Waals surface area contributed by atoms with Gasteiger partial charge in [0.2, 0.25) is 11.8 Å². The number of anilines is 1. The van der Waals surface area contributed by atoms with Gasteiger partial charge in [-0.1, -0.05) is 18.2 Å². The van der Waals surface area contributed by atoms with Crippen LogP contribution in [0.3, 0.4) is 0 Å². The molecule has 0 aliphatic carbocycles. The van der Waals surface area contributed by atoms with Gasteiger partial charge in [-0.15, -0.1) is 10.2 Å². The predicted molar refractivity (Wildman–Crippen MR) is 103 cm³/mol. The summed E-state index contributed by atoms with van der Waals surface area (Å²) in [4.78, 5) is 4.28. The summed E-state index contributed by atoms with van der Waals surface area (Å²) in [5.74, 6) is 1.25. The van der Waals surface area contributed by atoms with Gasteiger partial charge < -0.3 is 9.32 Å². The quantitative estimate of drug-likeness (QED) is 0.685. The summed E-state index contributed by atoms with van der Waals surface area (Å²) in [6.07, 6.45) is 0.940. The van der Waals surface area contributed by atoms with Crippen molar-refractivity contribution in [3.8, 4) is 11.5 Å². The lowest BCUT2D eigenvalue weighted by atomic mass is 10.1. The molecule has 5 nitrogen and oxygen atoms in total. The summed E-state index contributed by atoms with van der Waals surface area (Å²) in [6, 6.07) is 15.0. The Hall–Kier alpha value is -2.73. The lowest BCUT2D eigenvalue weighted by molar-refractivity contribution is 0.315. The third-order valence-electron chi connectivity index (χ3n) is 5.04. The second-order valence-corrected chi connectivity index (χ2v) is 7.20. The SMILES string of the molecule is CN(C)c1ccc(-c2nnc([C@H]3CCN(Cc4ccccc4F)C3)o2)cc1. The Balaban J connectivity index is 1.42. The maximum atomic E-state index is 13.9. The molecule has 1 fully saturated rings. The second-order valence-electron chi connectivity index (χ2n) is 7.20. The summed E-state index contributed by atoms with van der Waals surface area (Å²) in [5, 5.41) is 8.48. The molecule has 1 aliphatic rings. The molecule has 0 saturated carbocycles. The van der Waals surface area contributed by atoms with Crippen LogP contribution in [0.2, 0.25) is 0 Å². The van der Waals surface area contributed by atoms with Crippen LogP contribution >= 0.6 is 0 Å². The zero-order valence-electron chi connectivity index (χ0n) is 15.6. The standard InChI is InChI=1S/C21H23FN4O/c1-25(2)18-9-7-15(8-10-18)20-23-24-21(27-20)17-11-12-26(14-17)13-16-5-3-4-6-19(16)22/h3-10,17H,11-14H2,1-2H3/t17-/m0/s1. The van der Waals surface area contributed by atoms with E-state index in [4.69, 9.17) is 4.42 Å². The first-order chi connectivity index (χ1) is 13.1. The fourth-order valence-corrected chi connectivity index (χ4v) is 3.46. The molecule has 0 spiro atoms. The van der Waals surface area contributed by atoms with Crippen LogP contribution in [0.25, 0.3) is 11.5 Å². The van der Waals surface area contributed by atoms with Gasteiger partial charge in [0.25, 0.3) is 0 Å². The normalized spacial score (nSPS) is 17.4. The number of rotatable bonds is 5. The molecule has 0 amide bonds. The van der Waals surface area contributed by atoms with Crippen LogP contribution in [0, 0.1) is 5.82 Å². The largest absolute Gasteiger partial charge is 0.420 e. The molecule has 0 unspecified atom stereocenters. The van der Waals surface area contributed by atoms with Crippen molar-refractivity contribution in [1.82, 2.24) is 15.1 Å². The minimum Gasteiger partial charge on any atom is -0.420 e. The van der Waals surface area contributed by atoms with Crippen LogP contribution in [0.1, 0.15) is 23.8 Å². The van der Waals surface area contributed by atoms with E-state index in [9.17, 15) is 4.39 Å². The van der Waals surface area contributed by atoms with Gasteiger partial charge in [-0.3, -0.25) is 4.90 Å². The van der Waals surface area contributed by atoms with Gasteiger partial charge >= 0.3 is 0 Å². The minimum atomic E-state index is -0.151. The van der Waals surface area contributed by atoms with Crippen molar-refractivity contribution in [2.75, 3.05) is 32.1 Å². The Kier molecular flexibility index (Phi) is 4.90. The summed E-state index contributed by atoms with van der Waals surface area (Å²) in [6.45, 7) is 2.31. The summed E-state index contributed by atoms with van der Waals surface area (Å²) < 4.78 is 19.8. The van der Waals surface area contributed by atoms with E-state index in [0.717, 1.165) is 36.3 Å². The van der Waals surface area contributed by atoms with Gasteiger partial charge in [0, 0.05) is 44.0 Å². The van der Waals surface area contributed by atoms with Gasteiger partial charge in [0.15, 0.2) is 0 Å². The Morgan fingerprint density at radius 2 is 1.89 bits per heavy atom. The molecule has 1 aliphatic heterocycles. The molecule has 0 bridgehead atoms. The molecule has 0 N–H and O–H groups in total. The van der Waals surface area contributed by atoms with Crippen molar-refractivity contribution < 1.29 is 8.81 Å². The second kappa shape index (κ2) is 7.48. The van der Waals surface area contributed by atoms with Crippen molar-refractivity contribution in [3.63, 3.8) is 0 Å². The van der Waals surface area contributed by atoms with E-state index in [-0.39, 0.29) is 11.7 Å². The minimum absolute atomic E-state index is 0.151. The van der Waals surface area contributed by atoms with E-state index in [0.29, 0.717) is 18.3 Å². The van der Waals surface area contributed by atoms with E-state index in [1.807, 2.05) is 55.4 Å². The van der Waals surface area contributed by atoms with Gasteiger partial charge in [0.05, 0.1) is 5.92 Å². The predicted octanol–water partition coefficient (Wildman–Crippen LogP) is 3.93. The molecule has 6 heteroatoms. The smallest absolute Gasteiger partial charge is 0.247 e. The van der Waals surface area contributed by atoms with Crippen molar-refractivity contribution in [2.45, 2.75) is 18.9 Å². The Bertz CT molecular complexity index is 907. The lowest BCUT2D eigenvalue weighted by Crippen LogP contribution is -2.20. The average molecular weight is 366 g/mol. The van der Waals surface area contributed by atoms with Crippen LogP contribution < -0.4 is 4.90 Å². The third-order valence-corrected chi connectivity index (χ3v) is 5.04. The van der Waals surface area contributed by atoms with Crippen LogP contribution in [0.5, 0.6) is 0 Å². The van der Waals surface area contributed by atoms with Crippen LogP contribution in [-0.4, -0.2) is 42.3 Å². The maximum Gasteiger partial charge on any atom is 0.247 e. The number of benzene rings is 2. The molecule has 2 aromatic carbocycles. The number of hydrogen-bond acceptors (Lipinski definition) is 5. The van der Waals surface area contributed by atoms with Gasteiger partial charge in [-0.2, -0.15) is 0 Å². The zero-order valence-corrected chi connectivity index (χ0v) is 15.6.